The summed E-state index contributed by atoms with van der Waals surface area (Å²) in [6.07, 6.45) is 8.11. The molecule has 0 amide bonds. The normalized spacial score (nSPS) is 16.7. The first-order valence-corrected chi connectivity index (χ1v) is 9.12. The fourth-order valence-corrected chi connectivity index (χ4v) is 3.53. The van der Waals surface area contributed by atoms with Gasteiger partial charge in [0.15, 0.2) is 5.78 Å². The molecular weight excluding hydrogens is 289 g/mol. The van der Waals surface area contributed by atoms with Crippen LogP contribution in [0.25, 0.3) is 0 Å². The first-order chi connectivity index (χ1) is 11.1. The number of hydrogen-bond acceptors (Lipinski definition) is 2. The molecule has 1 aromatic rings. The summed E-state index contributed by atoms with van der Waals surface area (Å²) >= 11 is 0. The molecule has 1 aliphatic rings. The van der Waals surface area contributed by atoms with Crippen molar-refractivity contribution in [2.75, 3.05) is 19.6 Å². The molecule has 1 heterocycles. The van der Waals surface area contributed by atoms with E-state index >= 15 is 0 Å². The van der Waals surface area contributed by atoms with E-state index in [9.17, 15) is 9.18 Å². The number of benzene rings is 1. The van der Waals surface area contributed by atoms with Gasteiger partial charge in [0.2, 0.25) is 0 Å². The van der Waals surface area contributed by atoms with Crippen LogP contribution in [-0.4, -0.2) is 30.3 Å². The Labute approximate surface area is 140 Å². The highest BCUT2D eigenvalue weighted by atomic mass is 19.1. The molecule has 0 bridgehead atoms. The summed E-state index contributed by atoms with van der Waals surface area (Å²) in [5, 5.41) is 0. The van der Waals surface area contributed by atoms with Gasteiger partial charge in [0.1, 0.15) is 5.82 Å². The Hall–Kier alpha value is -1.22. The van der Waals surface area contributed by atoms with Crippen LogP contribution in [0.3, 0.4) is 0 Å². The highest BCUT2D eigenvalue weighted by molar-refractivity contribution is 5.97. The van der Waals surface area contributed by atoms with Gasteiger partial charge in [0.25, 0.3) is 0 Å². The molecule has 0 aliphatic carbocycles. The van der Waals surface area contributed by atoms with E-state index in [4.69, 9.17) is 0 Å². The molecule has 2 nitrogen and oxygen atoms in total. The molecule has 23 heavy (non-hydrogen) atoms. The minimum absolute atomic E-state index is 0.139. The summed E-state index contributed by atoms with van der Waals surface area (Å²) in [6.45, 7) is 7.43. The van der Waals surface area contributed by atoms with Crippen molar-refractivity contribution in [1.82, 2.24) is 4.90 Å². The fraction of sp³-hybridized carbons (Fsp3) is 0.650. The van der Waals surface area contributed by atoms with Crippen LogP contribution < -0.4 is 0 Å². The van der Waals surface area contributed by atoms with Crippen molar-refractivity contribution in [3.63, 3.8) is 0 Å². The lowest BCUT2D eigenvalue weighted by molar-refractivity contribution is 0.0969. The standard InChI is InChI=1S/C20H30FNO/c1-3-4-6-17-10-13-22(14-11-17)12-5-7-20(23)19-9-8-18(21)15-16(19)2/h8-9,15,17H,3-7,10-14H2,1-2H3. The monoisotopic (exact) mass is 319 g/mol. The van der Waals surface area contributed by atoms with Gasteiger partial charge < -0.3 is 4.90 Å². The second kappa shape index (κ2) is 9.17. The average molecular weight is 319 g/mol. The molecule has 0 radical (unpaired) electrons. The molecule has 0 unspecified atom stereocenters. The largest absolute Gasteiger partial charge is 0.303 e. The van der Waals surface area contributed by atoms with Gasteiger partial charge in [-0.2, -0.15) is 0 Å². The zero-order valence-electron chi connectivity index (χ0n) is 14.6. The number of likely N-dealkylation sites (tertiary alicyclic amines) is 1. The number of nitrogens with zero attached hydrogens (tertiary/aromatic N) is 1. The number of carbonyl (C=O) groups excluding carboxylic acids is 1. The van der Waals surface area contributed by atoms with Crippen LogP contribution in [0.5, 0.6) is 0 Å². The number of aryl methyl sites for hydroxylation is 1. The van der Waals surface area contributed by atoms with E-state index in [0.717, 1.165) is 24.4 Å². The van der Waals surface area contributed by atoms with Crippen LogP contribution in [-0.2, 0) is 0 Å². The third-order valence-electron chi connectivity index (χ3n) is 5.04. The van der Waals surface area contributed by atoms with E-state index in [2.05, 4.69) is 11.8 Å². The van der Waals surface area contributed by atoms with Crippen molar-refractivity contribution in [1.29, 1.82) is 0 Å². The number of hydrogen-bond donors (Lipinski definition) is 0. The molecule has 1 aromatic carbocycles. The number of piperidine rings is 1. The molecule has 0 aromatic heterocycles. The molecular formula is C20H30FNO. The second-order valence-corrected chi connectivity index (χ2v) is 6.91. The summed E-state index contributed by atoms with van der Waals surface area (Å²) in [4.78, 5) is 14.7. The third kappa shape index (κ3) is 5.72. The summed E-state index contributed by atoms with van der Waals surface area (Å²) in [6, 6.07) is 4.43. The van der Waals surface area contributed by atoms with E-state index < -0.39 is 0 Å². The smallest absolute Gasteiger partial charge is 0.163 e. The first-order valence-electron chi connectivity index (χ1n) is 9.12. The van der Waals surface area contributed by atoms with Gasteiger partial charge in [0, 0.05) is 12.0 Å². The van der Waals surface area contributed by atoms with Gasteiger partial charge in [-0.1, -0.05) is 26.2 Å². The Balaban J connectivity index is 1.68. The second-order valence-electron chi connectivity index (χ2n) is 6.91. The summed E-state index contributed by atoms with van der Waals surface area (Å²) in [7, 11) is 0. The van der Waals surface area contributed by atoms with E-state index in [0.29, 0.717) is 12.0 Å². The van der Waals surface area contributed by atoms with Crippen LogP contribution >= 0.6 is 0 Å². The van der Waals surface area contributed by atoms with Gasteiger partial charge >= 0.3 is 0 Å². The lowest BCUT2D eigenvalue weighted by atomic mass is 9.91. The predicted molar refractivity (Wildman–Crippen MR) is 93.4 cm³/mol. The van der Waals surface area contributed by atoms with Gasteiger partial charge in [-0.3, -0.25) is 4.79 Å². The zero-order valence-corrected chi connectivity index (χ0v) is 14.6. The molecule has 0 N–H and O–H groups in total. The molecule has 0 atom stereocenters. The average Bonchev–Trinajstić information content (AvgIpc) is 2.54. The van der Waals surface area contributed by atoms with Crippen molar-refractivity contribution in [3.05, 3.63) is 35.1 Å². The number of rotatable bonds is 8. The van der Waals surface area contributed by atoms with Gasteiger partial charge in [0.05, 0.1) is 0 Å². The highest BCUT2D eigenvalue weighted by Crippen LogP contribution is 2.23. The molecule has 1 fully saturated rings. The number of halogens is 1. The number of ketones is 1. The van der Waals surface area contributed by atoms with Gasteiger partial charge in [-0.25, -0.2) is 4.39 Å². The summed E-state index contributed by atoms with van der Waals surface area (Å²) < 4.78 is 13.1. The maximum Gasteiger partial charge on any atom is 0.163 e. The SMILES string of the molecule is CCCCC1CCN(CCCC(=O)c2ccc(F)cc2C)CC1. The Morgan fingerprint density at radius 3 is 2.65 bits per heavy atom. The number of unbranched alkanes of at least 4 members (excludes halogenated alkanes) is 1. The molecule has 1 saturated heterocycles. The maximum atomic E-state index is 13.1. The minimum Gasteiger partial charge on any atom is -0.303 e. The van der Waals surface area contributed by atoms with E-state index in [1.165, 1.54) is 57.3 Å². The number of carbonyl (C=O) groups is 1. The Bertz CT molecular complexity index is 506. The highest BCUT2D eigenvalue weighted by Gasteiger charge is 2.18. The lowest BCUT2D eigenvalue weighted by Gasteiger charge is -2.31. The maximum absolute atomic E-state index is 13.1. The predicted octanol–water partition coefficient (Wildman–Crippen LogP) is 5.00. The van der Waals surface area contributed by atoms with E-state index in [1.807, 2.05) is 0 Å². The van der Waals surface area contributed by atoms with E-state index in [-0.39, 0.29) is 11.6 Å². The van der Waals surface area contributed by atoms with Crippen LogP contribution in [0.1, 0.15) is 67.8 Å². The fourth-order valence-electron chi connectivity index (χ4n) is 3.53. The quantitative estimate of drug-likeness (QED) is 0.629. The molecule has 128 valence electrons. The Kier molecular flexibility index (Phi) is 7.22. The summed E-state index contributed by atoms with van der Waals surface area (Å²) in [5.41, 5.74) is 1.41. The Morgan fingerprint density at radius 2 is 2.00 bits per heavy atom. The minimum atomic E-state index is -0.273. The van der Waals surface area contributed by atoms with Crippen LogP contribution in [0.15, 0.2) is 18.2 Å². The topological polar surface area (TPSA) is 20.3 Å². The van der Waals surface area contributed by atoms with Gasteiger partial charge in [-0.05, 0) is 75.5 Å². The molecule has 0 spiro atoms. The van der Waals surface area contributed by atoms with Crippen molar-refractivity contribution in [2.24, 2.45) is 5.92 Å². The van der Waals surface area contributed by atoms with Crippen LogP contribution in [0.4, 0.5) is 4.39 Å². The zero-order chi connectivity index (χ0) is 16.7. The molecule has 1 aliphatic heterocycles. The summed E-state index contributed by atoms with van der Waals surface area (Å²) in [5.74, 6) is 0.778. The van der Waals surface area contributed by atoms with Crippen molar-refractivity contribution in [3.8, 4) is 0 Å². The number of Topliss-reactive ketones (excluding diaryl/α,β-unsaturated/α-hetero) is 1. The lowest BCUT2D eigenvalue weighted by Crippen LogP contribution is -2.34. The van der Waals surface area contributed by atoms with Gasteiger partial charge in [-0.15, -0.1) is 0 Å². The van der Waals surface area contributed by atoms with Crippen LogP contribution in [0.2, 0.25) is 0 Å². The van der Waals surface area contributed by atoms with Crippen LogP contribution in [0, 0.1) is 18.7 Å². The third-order valence-corrected chi connectivity index (χ3v) is 5.04. The molecule has 0 saturated carbocycles. The van der Waals surface area contributed by atoms with Crippen molar-refractivity contribution in [2.45, 2.75) is 58.8 Å². The first kappa shape index (κ1) is 18.1. The molecule has 2 rings (SSSR count). The Morgan fingerprint density at radius 1 is 1.26 bits per heavy atom. The van der Waals surface area contributed by atoms with E-state index in [1.54, 1.807) is 13.0 Å². The van der Waals surface area contributed by atoms with Crippen molar-refractivity contribution >= 4 is 5.78 Å². The van der Waals surface area contributed by atoms with Crippen molar-refractivity contribution < 1.29 is 9.18 Å². The molecule has 3 heteroatoms.